The topological polar surface area (TPSA) is 45.8 Å². The van der Waals surface area contributed by atoms with Crippen molar-refractivity contribution < 1.29 is 4.79 Å². The highest BCUT2D eigenvalue weighted by atomic mass is 16.1. The summed E-state index contributed by atoms with van der Waals surface area (Å²) < 4.78 is 0. The van der Waals surface area contributed by atoms with E-state index in [9.17, 15) is 4.79 Å². The summed E-state index contributed by atoms with van der Waals surface area (Å²) in [6.45, 7) is 6.41. The minimum atomic E-state index is 0.0586. The zero-order chi connectivity index (χ0) is 17.8. The van der Waals surface area contributed by atoms with E-state index in [1.165, 1.54) is 22.3 Å². The number of hydrogen-bond donors (Lipinski definition) is 1. The maximum absolute atomic E-state index is 12.4. The first-order valence-corrected chi connectivity index (χ1v) is 8.74. The van der Waals surface area contributed by atoms with Crippen LogP contribution in [0.15, 0.2) is 54.7 Å². The first-order valence-electron chi connectivity index (χ1n) is 8.74. The Hall–Kier alpha value is -2.68. The normalized spacial score (nSPS) is 12.1. The van der Waals surface area contributed by atoms with Gasteiger partial charge in [0.15, 0.2) is 11.6 Å². The molecule has 0 aliphatic rings. The molecule has 0 aliphatic carbocycles. The van der Waals surface area contributed by atoms with Crippen LogP contribution in [-0.2, 0) is 6.42 Å². The molecule has 1 N–H and O–H groups in total. The Kier molecular flexibility index (Phi) is 5.13. The molecule has 3 rings (SSSR count). The summed E-state index contributed by atoms with van der Waals surface area (Å²) >= 11 is 0. The monoisotopic (exact) mass is 332 g/mol. The van der Waals surface area contributed by atoms with Crippen LogP contribution in [0.5, 0.6) is 0 Å². The molecule has 1 atom stereocenters. The van der Waals surface area contributed by atoms with E-state index in [0.717, 1.165) is 12.1 Å². The highest BCUT2D eigenvalue weighted by Crippen LogP contribution is 2.27. The van der Waals surface area contributed by atoms with Crippen molar-refractivity contribution in [1.29, 1.82) is 0 Å². The number of H-pyrrole nitrogens is 1. The lowest BCUT2D eigenvalue weighted by atomic mass is 9.92. The van der Waals surface area contributed by atoms with Crippen LogP contribution in [0.1, 0.15) is 57.8 Å². The molecule has 2 aromatic carbocycles. The number of carbonyl (C=O) groups is 1. The second-order valence-corrected chi connectivity index (χ2v) is 6.61. The van der Waals surface area contributed by atoms with Crippen molar-refractivity contribution >= 4 is 5.78 Å². The SMILES string of the molecule is Cc1cccc(C(C)c2cnc(C(=O)CCc3ccccc3)[nH]2)c1C. The standard InChI is InChI=1S/C22H24N2O/c1-15-8-7-11-19(16(15)2)17(3)20-14-23-22(24-20)21(25)13-12-18-9-5-4-6-10-18/h4-11,14,17H,12-13H2,1-3H3,(H,23,24). The summed E-state index contributed by atoms with van der Waals surface area (Å²) in [6.07, 6.45) is 3.00. The summed E-state index contributed by atoms with van der Waals surface area (Å²) in [7, 11) is 0. The van der Waals surface area contributed by atoms with Gasteiger partial charge in [-0.3, -0.25) is 4.79 Å². The number of nitrogens with one attached hydrogen (secondary N) is 1. The number of carbonyl (C=O) groups excluding carboxylic acids is 1. The second-order valence-electron chi connectivity index (χ2n) is 6.61. The number of aromatic amines is 1. The molecule has 3 nitrogen and oxygen atoms in total. The lowest BCUT2D eigenvalue weighted by molar-refractivity contribution is 0.0973. The van der Waals surface area contributed by atoms with Gasteiger partial charge in [0.25, 0.3) is 0 Å². The third-order valence-corrected chi connectivity index (χ3v) is 4.92. The summed E-state index contributed by atoms with van der Waals surface area (Å²) in [5, 5.41) is 0. The number of ketones is 1. The molecular formula is C22H24N2O. The van der Waals surface area contributed by atoms with Gasteiger partial charge in [-0.25, -0.2) is 4.98 Å². The molecule has 0 fully saturated rings. The Balaban J connectivity index is 1.71. The van der Waals surface area contributed by atoms with Crippen LogP contribution < -0.4 is 0 Å². The van der Waals surface area contributed by atoms with E-state index in [1.54, 1.807) is 6.20 Å². The Morgan fingerprint density at radius 3 is 2.60 bits per heavy atom. The van der Waals surface area contributed by atoms with Crippen molar-refractivity contribution in [3.63, 3.8) is 0 Å². The van der Waals surface area contributed by atoms with Crippen molar-refractivity contribution in [2.24, 2.45) is 0 Å². The van der Waals surface area contributed by atoms with Gasteiger partial charge < -0.3 is 4.98 Å². The van der Waals surface area contributed by atoms with Gasteiger partial charge in [-0.05, 0) is 42.5 Å². The molecule has 0 amide bonds. The minimum Gasteiger partial charge on any atom is -0.339 e. The van der Waals surface area contributed by atoms with E-state index in [0.29, 0.717) is 12.2 Å². The van der Waals surface area contributed by atoms with Crippen molar-refractivity contribution in [1.82, 2.24) is 9.97 Å². The van der Waals surface area contributed by atoms with Crippen molar-refractivity contribution in [2.75, 3.05) is 0 Å². The van der Waals surface area contributed by atoms with E-state index in [4.69, 9.17) is 0 Å². The van der Waals surface area contributed by atoms with Gasteiger partial charge in [-0.15, -0.1) is 0 Å². The first-order chi connectivity index (χ1) is 12.1. The number of rotatable bonds is 6. The summed E-state index contributed by atoms with van der Waals surface area (Å²) in [4.78, 5) is 20.0. The summed E-state index contributed by atoms with van der Waals surface area (Å²) in [5.74, 6) is 0.703. The largest absolute Gasteiger partial charge is 0.339 e. The Morgan fingerprint density at radius 2 is 1.84 bits per heavy atom. The zero-order valence-corrected chi connectivity index (χ0v) is 15.0. The predicted octanol–water partition coefficient (Wildman–Crippen LogP) is 4.99. The fourth-order valence-corrected chi connectivity index (χ4v) is 3.13. The molecule has 0 saturated carbocycles. The van der Waals surface area contributed by atoms with Crippen LogP contribution in [0.4, 0.5) is 0 Å². The number of aromatic nitrogens is 2. The number of hydrogen-bond acceptors (Lipinski definition) is 2. The highest BCUT2D eigenvalue weighted by molar-refractivity contribution is 5.92. The minimum absolute atomic E-state index is 0.0586. The molecule has 1 aromatic heterocycles. The van der Waals surface area contributed by atoms with Gasteiger partial charge in [-0.1, -0.05) is 55.5 Å². The maximum atomic E-state index is 12.4. The smallest absolute Gasteiger partial charge is 0.198 e. The van der Waals surface area contributed by atoms with Crippen molar-refractivity contribution in [3.8, 4) is 0 Å². The van der Waals surface area contributed by atoms with E-state index < -0.39 is 0 Å². The molecule has 1 heterocycles. The molecule has 0 saturated heterocycles. The molecule has 3 aromatic rings. The maximum Gasteiger partial charge on any atom is 0.198 e. The molecule has 0 spiro atoms. The Morgan fingerprint density at radius 1 is 1.08 bits per heavy atom. The van der Waals surface area contributed by atoms with Crippen LogP contribution in [0.25, 0.3) is 0 Å². The van der Waals surface area contributed by atoms with Gasteiger partial charge in [0.2, 0.25) is 0 Å². The fraction of sp³-hybridized carbons (Fsp3) is 0.273. The van der Waals surface area contributed by atoms with Gasteiger partial charge in [0.05, 0.1) is 0 Å². The first kappa shape index (κ1) is 17.2. The van der Waals surface area contributed by atoms with Gasteiger partial charge in [0.1, 0.15) is 0 Å². The molecule has 0 radical (unpaired) electrons. The number of benzene rings is 2. The third kappa shape index (κ3) is 3.87. The van der Waals surface area contributed by atoms with E-state index in [2.05, 4.69) is 48.9 Å². The molecule has 0 aliphatic heterocycles. The van der Waals surface area contributed by atoms with E-state index in [1.807, 2.05) is 30.3 Å². The number of imidazole rings is 1. The fourth-order valence-electron chi connectivity index (χ4n) is 3.13. The average molecular weight is 332 g/mol. The molecule has 3 heteroatoms. The number of Topliss-reactive ketones (excluding diaryl/α,β-unsaturated/α-hetero) is 1. The third-order valence-electron chi connectivity index (χ3n) is 4.92. The second kappa shape index (κ2) is 7.47. The van der Waals surface area contributed by atoms with Crippen LogP contribution in [0, 0.1) is 13.8 Å². The average Bonchev–Trinajstić information content (AvgIpc) is 3.12. The Labute approximate surface area is 149 Å². The Bertz CT molecular complexity index is 865. The zero-order valence-electron chi connectivity index (χ0n) is 15.0. The quantitative estimate of drug-likeness (QED) is 0.646. The highest BCUT2D eigenvalue weighted by Gasteiger charge is 2.17. The molecule has 25 heavy (non-hydrogen) atoms. The van der Waals surface area contributed by atoms with Crippen LogP contribution in [-0.4, -0.2) is 15.8 Å². The van der Waals surface area contributed by atoms with Crippen LogP contribution in [0.3, 0.4) is 0 Å². The van der Waals surface area contributed by atoms with Gasteiger partial charge in [-0.2, -0.15) is 0 Å². The molecule has 1 unspecified atom stereocenters. The van der Waals surface area contributed by atoms with E-state index in [-0.39, 0.29) is 11.7 Å². The van der Waals surface area contributed by atoms with Gasteiger partial charge in [0, 0.05) is 24.2 Å². The van der Waals surface area contributed by atoms with Crippen LogP contribution >= 0.6 is 0 Å². The van der Waals surface area contributed by atoms with Crippen LogP contribution in [0.2, 0.25) is 0 Å². The number of aryl methyl sites for hydroxylation is 2. The molecular weight excluding hydrogens is 308 g/mol. The van der Waals surface area contributed by atoms with Gasteiger partial charge >= 0.3 is 0 Å². The summed E-state index contributed by atoms with van der Waals surface area (Å²) in [6, 6.07) is 16.4. The number of nitrogens with zero attached hydrogens (tertiary/aromatic N) is 1. The molecule has 0 bridgehead atoms. The lowest BCUT2D eigenvalue weighted by Gasteiger charge is -2.14. The summed E-state index contributed by atoms with van der Waals surface area (Å²) in [5.41, 5.74) is 6.00. The van der Waals surface area contributed by atoms with Crippen molar-refractivity contribution in [3.05, 3.63) is 88.5 Å². The lowest BCUT2D eigenvalue weighted by Crippen LogP contribution is -2.05. The van der Waals surface area contributed by atoms with E-state index >= 15 is 0 Å². The molecule has 128 valence electrons. The van der Waals surface area contributed by atoms with Crippen molar-refractivity contribution in [2.45, 2.75) is 39.5 Å². The predicted molar refractivity (Wildman–Crippen MR) is 101 cm³/mol.